The average molecular weight is 532 g/mol. The lowest BCUT2D eigenvalue weighted by atomic mass is 9.78. The summed E-state index contributed by atoms with van der Waals surface area (Å²) in [7, 11) is 0. The van der Waals surface area contributed by atoms with Gasteiger partial charge in [-0.1, -0.05) is 82.7 Å². The predicted octanol–water partition coefficient (Wildman–Crippen LogP) is 4.48. The largest absolute Gasteiger partial charge is 0.426 e. The smallest absolute Gasteiger partial charge is 0.308 e. The van der Waals surface area contributed by atoms with Gasteiger partial charge in [-0.15, -0.1) is 0 Å². The van der Waals surface area contributed by atoms with E-state index in [-0.39, 0.29) is 33.0 Å². The van der Waals surface area contributed by atoms with Gasteiger partial charge in [0.05, 0.1) is 4.53 Å². The van der Waals surface area contributed by atoms with Crippen LogP contribution in [0, 0.1) is 6.92 Å². The molecule has 0 amide bonds. The van der Waals surface area contributed by atoms with Crippen LogP contribution in [0.5, 0.6) is 5.75 Å². The Bertz CT molecular complexity index is 1670. The van der Waals surface area contributed by atoms with Crippen LogP contribution in [0.3, 0.4) is 0 Å². The van der Waals surface area contributed by atoms with Crippen LogP contribution in [0.2, 0.25) is 0 Å². The minimum atomic E-state index is -0.436. The first kappa shape index (κ1) is 27.4. The van der Waals surface area contributed by atoms with Crippen LogP contribution in [0.1, 0.15) is 82.0 Å². The molecule has 0 radical (unpaired) electrons. The van der Waals surface area contributed by atoms with Crippen LogP contribution in [-0.4, -0.2) is 20.6 Å². The van der Waals surface area contributed by atoms with Crippen molar-refractivity contribution in [3.8, 4) is 5.75 Å². The molecular weight excluding hydrogens is 498 g/mol. The number of esters is 1. The number of carbonyl (C=O) groups excluding carboxylic acids is 1. The Morgan fingerprint density at radius 1 is 1.00 bits per heavy atom. The third-order valence-corrected chi connectivity index (χ3v) is 7.17. The molecule has 0 unspecified atom stereocenters. The van der Waals surface area contributed by atoms with Crippen molar-refractivity contribution in [3.05, 3.63) is 95.1 Å². The summed E-state index contributed by atoms with van der Waals surface area (Å²) >= 11 is 1.13. The third kappa shape index (κ3) is 5.75. The molecule has 0 aliphatic rings. The van der Waals surface area contributed by atoms with Crippen LogP contribution < -0.4 is 20.4 Å². The second-order valence-corrected chi connectivity index (χ2v) is 12.7. The Labute approximate surface area is 225 Å². The molecule has 4 rings (SSSR count). The Morgan fingerprint density at radius 2 is 1.58 bits per heavy atom. The monoisotopic (exact) mass is 531 g/mol. The molecule has 0 aliphatic carbocycles. The lowest BCUT2D eigenvalue weighted by molar-refractivity contribution is -0.132. The Morgan fingerprint density at radius 3 is 2.11 bits per heavy atom. The van der Waals surface area contributed by atoms with E-state index in [1.807, 2.05) is 43.3 Å². The van der Waals surface area contributed by atoms with E-state index in [1.54, 1.807) is 6.08 Å². The summed E-state index contributed by atoms with van der Waals surface area (Å²) in [5.74, 6) is 0.176. The highest BCUT2D eigenvalue weighted by Gasteiger charge is 2.28. The molecule has 0 saturated carbocycles. The van der Waals surface area contributed by atoms with Gasteiger partial charge in [0.1, 0.15) is 11.4 Å². The Kier molecular flexibility index (Phi) is 7.14. The first-order valence-corrected chi connectivity index (χ1v) is 13.3. The Hall–Kier alpha value is -3.65. The second kappa shape index (κ2) is 9.91. The molecule has 2 aromatic heterocycles. The number of benzene rings is 2. The van der Waals surface area contributed by atoms with Gasteiger partial charge < -0.3 is 4.74 Å². The standard InChI is InChI=1S/C30H33N3O4S/c1-17-9-11-19(12-10-17)15-23-26(35)31-28-33(32-23)27(36)24(38-28)16-20-13-21(29(3,4)5)25(37-18(2)34)22(14-20)30(6,7)8/h9-14,16H,15H2,1-8H3. The SMILES string of the molecule is CC(=O)Oc1c(C(C)(C)C)cc(C=c2sc3nc(=O)c(Cc4ccc(C)cc4)nn3c2=O)cc1C(C)(C)C. The zero-order valence-corrected chi connectivity index (χ0v) is 23.9. The quantitative estimate of drug-likeness (QED) is 0.285. The van der Waals surface area contributed by atoms with Crippen LogP contribution in [0.15, 0.2) is 46.0 Å². The summed E-state index contributed by atoms with van der Waals surface area (Å²) < 4.78 is 7.34. The van der Waals surface area contributed by atoms with E-state index in [0.29, 0.717) is 16.7 Å². The number of aryl methyl sites for hydroxylation is 1. The van der Waals surface area contributed by atoms with Gasteiger partial charge in [-0.3, -0.25) is 14.4 Å². The molecule has 2 aromatic carbocycles. The predicted molar refractivity (Wildman–Crippen MR) is 151 cm³/mol. The van der Waals surface area contributed by atoms with Crippen molar-refractivity contribution >= 4 is 28.3 Å². The van der Waals surface area contributed by atoms with E-state index in [4.69, 9.17) is 4.74 Å². The second-order valence-electron chi connectivity index (χ2n) is 11.7. The highest BCUT2D eigenvalue weighted by Crippen LogP contribution is 2.41. The Balaban J connectivity index is 1.89. The molecule has 8 heteroatoms. The van der Waals surface area contributed by atoms with Crippen molar-refractivity contribution in [2.75, 3.05) is 0 Å². The first-order valence-electron chi connectivity index (χ1n) is 12.5. The van der Waals surface area contributed by atoms with Gasteiger partial charge in [-0.25, -0.2) is 0 Å². The number of hydrogen-bond donors (Lipinski definition) is 0. The summed E-state index contributed by atoms with van der Waals surface area (Å²) in [6, 6.07) is 11.7. The summed E-state index contributed by atoms with van der Waals surface area (Å²) in [6.07, 6.45) is 2.08. The van der Waals surface area contributed by atoms with E-state index in [1.165, 1.54) is 11.4 Å². The lowest BCUT2D eigenvalue weighted by Crippen LogP contribution is -2.28. The van der Waals surface area contributed by atoms with E-state index in [2.05, 4.69) is 51.6 Å². The van der Waals surface area contributed by atoms with Gasteiger partial charge >= 0.3 is 5.97 Å². The molecule has 0 saturated heterocycles. The molecule has 7 nitrogen and oxygen atoms in total. The number of fused-ring (bicyclic) bond motifs is 1. The number of thiazole rings is 1. The average Bonchev–Trinajstić information content (AvgIpc) is 3.08. The molecule has 0 fully saturated rings. The number of aromatic nitrogens is 3. The maximum absolute atomic E-state index is 13.3. The minimum absolute atomic E-state index is 0.226. The van der Waals surface area contributed by atoms with Gasteiger partial charge in [-0.05, 0) is 47.1 Å². The van der Waals surface area contributed by atoms with Gasteiger partial charge in [0.2, 0.25) is 4.96 Å². The molecule has 38 heavy (non-hydrogen) atoms. The lowest BCUT2D eigenvalue weighted by Gasteiger charge is -2.29. The molecule has 0 bridgehead atoms. The zero-order chi connectivity index (χ0) is 28.0. The summed E-state index contributed by atoms with van der Waals surface area (Å²) in [4.78, 5) is 42.4. The third-order valence-electron chi connectivity index (χ3n) is 6.21. The van der Waals surface area contributed by atoms with Gasteiger partial charge in [-0.2, -0.15) is 14.6 Å². The summed E-state index contributed by atoms with van der Waals surface area (Å²) in [5.41, 5.74) is 3.38. The van der Waals surface area contributed by atoms with E-state index >= 15 is 0 Å². The highest BCUT2D eigenvalue weighted by molar-refractivity contribution is 7.15. The van der Waals surface area contributed by atoms with Gasteiger partial charge in [0, 0.05) is 24.5 Å². The van der Waals surface area contributed by atoms with Crippen molar-refractivity contribution in [2.24, 2.45) is 0 Å². The summed E-state index contributed by atoms with van der Waals surface area (Å²) in [5, 5.41) is 4.38. The molecular formula is C30H33N3O4S. The van der Waals surface area contributed by atoms with Crippen molar-refractivity contribution in [1.29, 1.82) is 0 Å². The van der Waals surface area contributed by atoms with E-state index in [0.717, 1.165) is 39.2 Å². The van der Waals surface area contributed by atoms with Crippen LogP contribution >= 0.6 is 11.3 Å². The highest BCUT2D eigenvalue weighted by atomic mass is 32.1. The maximum atomic E-state index is 13.3. The van der Waals surface area contributed by atoms with Crippen molar-refractivity contribution in [1.82, 2.24) is 14.6 Å². The number of ether oxygens (including phenoxy) is 1. The van der Waals surface area contributed by atoms with Crippen LogP contribution in [0.4, 0.5) is 0 Å². The summed E-state index contributed by atoms with van der Waals surface area (Å²) in [6.45, 7) is 15.7. The number of nitrogens with zero attached hydrogens (tertiary/aromatic N) is 3. The molecule has 0 atom stereocenters. The molecule has 0 spiro atoms. The van der Waals surface area contributed by atoms with E-state index in [9.17, 15) is 14.4 Å². The van der Waals surface area contributed by atoms with Crippen molar-refractivity contribution in [2.45, 2.75) is 72.6 Å². The van der Waals surface area contributed by atoms with Gasteiger partial charge in [0.25, 0.3) is 11.1 Å². The molecule has 0 N–H and O–H groups in total. The number of hydrogen-bond acceptors (Lipinski definition) is 7. The number of rotatable bonds is 4. The van der Waals surface area contributed by atoms with Crippen molar-refractivity contribution in [3.63, 3.8) is 0 Å². The molecule has 198 valence electrons. The number of carbonyl (C=O) groups is 1. The molecule has 4 aromatic rings. The fourth-order valence-electron chi connectivity index (χ4n) is 4.20. The topological polar surface area (TPSA) is 90.6 Å². The maximum Gasteiger partial charge on any atom is 0.308 e. The fraction of sp³-hybridized carbons (Fsp3) is 0.367. The molecule has 0 aliphatic heterocycles. The zero-order valence-electron chi connectivity index (χ0n) is 23.1. The fourth-order valence-corrected chi connectivity index (χ4v) is 5.11. The molecule has 2 heterocycles. The minimum Gasteiger partial charge on any atom is -0.426 e. The van der Waals surface area contributed by atoms with Gasteiger partial charge in [0.15, 0.2) is 0 Å². The van der Waals surface area contributed by atoms with Crippen molar-refractivity contribution < 1.29 is 9.53 Å². The van der Waals surface area contributed by atoms with Crippen LogP contribution in [-0.2, 0) is 22.0 Å². The normalized spacial score (nSPS) is 12.8. The van der Waals surface area contributed by atoms with Crippen LogP contribution in [0.25, 0.3) is 11.0 Å². The first-order chi connectivity index (χ1) is 17.6. The van der Waals surface area contributed by atoms with E-state index < -0.39 is 5.56 Å².